The van der Waals surface area contributed by atoms with E-state index in [1.807, 2.05) is 0 Å². The topological polar surface area (TPSA) is 148 Å². The number of carboxylic acids is 2. The van der Waals surface area contributed by atoms with Gasteiger partial charge in [-0.1, -0.05) is 13.2 Å². The second-order valence-electron chi connectivity index (χ2n) is 4.42. The van der Waals surface area contributed by atoms with Crippen molar-refractivity contribution in [2.75, 3.05) is 52.9 Å². The van der Waals surface area contributed by atoms with Crippen molar-refractivity contribution in [2.24, 2.45) is 0 Å². The minimum absolute atomic E-state index is 0. The van der Waals surface area contributed by atoms with E-state index in [1.165, 1.54) is 13.8 Å². The Hall–Kier alpha value is -1.27. The monoisotopic (exact) mass is 423 g/mol. The van der Waals surface area contributed by atoms with Crippen LogP contribution in [-0.2, 0) is 40.6 Å². The van der Waals surface area contributed by atoms with E-state index in [2.05, 4.69) is 13.2 Å². The molecule has 0 spiro atoms. The fourth-order valence-corrected chi connectivity index (χ4v) is 0.671. The van der Waals surface area contributed by atoms with Gasteiger partial charge in [0.15, 0.2) is 0 Å². The quantitative estimate of drug-likeness (QED) is 0.260. The minimum atomic E-state index is -1.19. The Morgan fingerprint density at radius 1 is 0.731 bits per heavy atom. The van der Waals surface area contributed by atoms with Gasteiger partial charge in [0, 0.05) is 0 Å². The summed E-state index contributed by atoms with van der Waals surface area (Å²) in [6, 6.07) is 0. The third-order valence-electron chi connectivity index (χ3n) is 1.91. The predicted molar refractivity (Wildman–Crippen MR) is 86.3 cm³/mol. The molecule has 0 heterocycles. The van der Waals surface area contributed by atoms with E-state index >= 15 is 0 Å². The summed E-state index contributed by atoms with van der Waals surface area (Å²) < 4.78 is 15.0. The number of hydrogen-bond donors (Lipinski definition) is 2. The fourth-order valence-electron chi connectivity index (χ4n) is 0.671. The number of rotatable bonds is 12. The molecule has 9 nitrogen and oxygen atoms in total. The van der Waals surface area contributed by atoms with Gasteiger partial charge in [0.2, 0.25) is 0 Å². The molecule has 0 bridgehead atoms. The summed E-state index contributed by atoms with van der Waals surface area (Å²) in [5.74, 6) is -2.37. The first-order valence-electron chi connectivity index (χ1n) is 7.39. The normalized spacial score (nSPS) is 8.77. The molecule has 0 aromatic rings. The maximum Gasteiger partial charge on any atom is 2.00 e. The summed E-state index contributed by atoms with van der Waals surface area (Å²) in [6.45, 7) is 11.7. The third kappa shape index (κ3) is 38.3. The van der Waals surface area contributed by atoms with Gasteiger partial charge in [-0.2, -0.15) is 0 Å². The first-order chi connectivity index (χ1) is 11.7. The summed E-state index contributed by atoms with van der Waals surface area (Å²) in [5.41, 5.74) is 0.130. The maximum atomic E-state index is 9.49. The molecule has 0 aromatic carbocycles. The Balaban J connectivity index is -0.000000157. The molecule has 0 rings (SSSR count). The zero-order valence-electron chi connectivity index (χ0n) is 15.2. The van der Waals surface area contributed by atoms with Crippen LogP contribution in [0.1, 0.15) is 13.8 Å². The van der Waals surface area contributed by atoms with E-state index in [-0.39, 0.29) is 41.1 Å². The Bertz CT molecular complexity index is 315. The van der Waals surface area contributed by atoms with Crippen LogP contribution in [-0.4, -0.2) is 75.0 Å². The van der Waals surface area contributed by atoms with E-state index in [0.717, 1.165) is 0 Å². The van der Waals surface area contributed by atoms with Gasteiger partial charge in [-0.25, -0.2) is 0 Å². The zero-order valence-corrected chi connectivity index (χ0v) is 16.2. The molecule has 10 heteroatoms. The first kappa shape index (κ1) is 32.4. The van der Waals surface area contributed by atoms with Gasteiger partial charge in [0.25, 0.3) is 0 Å². The Morgan fingerprint density at radius 3 is 1.08 bits per heavy atom. The number of aliphatic hydroxyl groups is 2. The van der Waals surface area contributed by atoms with E-state index in [0.29, 0.717) is 39.6 Å². The van der Waals surface area contributed by atoms with Crippen LogP contribution in [0.5, 0.6) is 0 Å². The average Bonchev–Trinajstić information content (AvgIpc) is 2.54. The largest absolute Gasteiger partial charge is 2.00 e. The second kappa shape index (κ2) is 26.0. The van der Waals surface area contributed by atoms with Crippen molar-refractivity contribution in [3.63, 3.8) is 0 Å². The molecule has 0 unspecified atom stereocenters. The Morgan fingerprint density at radius 2 is 0.923 bits per heavy atom. The number of aliphatic carboxylic acids is 2. The summed E-state index contributed by atoms with van der Waals surface area (Å²) in [7, 11) is 0. The van der Waals surface area contributed by atoms with Crippen LogP contribution in [0.25, 0.3) is 0 Å². The summed E-state index contributed by atoms with van der Waals surface area (Å²) in [6.07, 6.45) is 0. The Kier molecular flexibility index (Phi) is 32.4. The molecule has 1 radical (unpaired) electrons. The van der Waals surface area contributed by atoms with E-state index in [9.17, 15) is 19.8 Å². The summed E-state index contributed by atoms with van der Waals surface area (Å²) in [5, 5.41) is 35.7. The molecule has 0 atom stereocenters. The minimum Gasteiger partial charge on any atom is -0.545 e. The number of carbonyl (C=O) groups excluding carboxylic acids is 2. The SMILES string of the molecule is C=C(C)C(=O)[O-].C=C(C)C(=O)[O-].OCCOCCOCCOCCO.[Co+2]. The second-order valence-corrected chi connectivity index (χ2v) is 4.42. The number of carboxylic acid groups (broad SMARTS) is 2. The van der Waals surface area contributed by atoms with Crippen molar-refractivity contribution in [3.05, 3.63) is 24.3 Å². The van der Waals surface area contributed by atoms with Crippen LogP contribution in [0.3, 0.4) is 0 Å². The van der Waals surface area contributed by atoms with Gasteiger partial charge in [-0.15, -0.1) is 0 Å². The van der Waals surface area contributed by atoms with Crippen molar-refractivity contribution in [1.29, 1.82) is 0 Å². The van der Waals surface area contributed by atoms with Crippen molar-refractivity contribution in [1.82, 2.24) is 0 Å². The van der Waals surface area contributed by atoms with E-state index < -0.39 is 11.9 Å². The smallest absolute Gasteiger partial charge is 0.545 e. The molecule has 0 saturated heterocycles. The number of aliphatic hydroxyl groups excluding tert-OH is 2. The maximum absolute atomic E-state index is 9.49. The van der Waals surface area contributed by atoms with Crippen molar-refractivity contribution in [3.8, 4) is 0 Å². The van der Waals surface area contributed by atoms with Gasteiger partial charge in [-0.3, -0.25) is 0 Å². The molecule has 0 fully saturated rings. The van der Waals surface area contributed by atoms with Crippen molar-refractivity contribution >= 4 is 11.9 Å². The molecule has 0 aliphatic heterocycles. The van der Waals surface area contributed by atoms with E-state index in [1.54, 1.807) is 0 Å². The van der Waals surface area contributed by atoms with Gasteiger partial charge in [0.05, 0.1) is 64.8 Å². The number of hydrogen-bond acceptors (Lipinski definition) is 9. The van der Waals surface area contributed by atoms with Crippen LogP contribution in [0, 0.1) is 0 Å². The molecule has 155 valence electrons. The molecule has 0 aromatic heterocycles. The molecule has 0 aliphatic rings. The zero-order chi connectivity index (χ0) is 20.1. The first-order valence-corrected chi connectivity index (χ1v) is 7.39. The summed E-state index contributed by atoms with van der Waals surface area (Å²) in [4.78, 5) is 19.0. The molecule has 2 N–H and O–H groups in total. The number of carbonyl (C=O) groups is 2. The molecule has 0 saturated carbocycles. The average molecular weight is 423 g/mol. The van der Waals surface area contributed by atoms with Gasteiger partial charge < -0.3 is 44.2 Å². The summed E-state index contributed by atoms with van der Waals surface area (Å²) >= 11 is 0. The van der Waals surface area contributed by atoms with Crippen LogP contribution in [0.15, 0.2) is 24.3 Å². The van der Waals surface area contributed by atoms with Crippen LogP contribution in [0.4, 0.5) is 0 Å². The van der Waals surface area contributed by atoms with Crippen LogP contribution in [0.2, 0.25) is 0 Å². The van der Waals surface area contributed by atoms with Crippen LogP contribution < -0.4 is 10.2 Å². The number of ether oxygens (including phenoxy) is 3. The fraction of sp³-hybridized carbons (Fsp3) is 0.625. The van der Waals surface area contributed by atoms with Gasteiger partial charge in [-0.05, 0) is 25.0 Å². The van der Waals surface area contributed by atoms with E-state index in [4.69, 9.17) is 24.4 Å². The van der Waals surface area contributed by atoms with Gasteiger partial charge >= 0.3 is 16.8 Å². The molecule has 26 heavy (non-hydrogen) atoms. The molecular formula is C16H28CoO9. The molecular weight excluding hydrogens is 395 g/mol. The van der Waals surface area contributed by atoms with Gasteiger partial charge in [0.1, 0.15) is 0 Å². The third-order valence-corrected chi connectivity index (χ3v) is 1.91. The molecule has 0 aliphatic carbocycles. The van der Waals surface area contributed by atoms with Crippen molar-refractivity contribution < 1.29 is 61.0 Å². The predicted octanol–water partition coefficient (Wildman–Crippen LogP) is -2.36. The Labute approximate surface area is 164 Å². The standard InChI is InChI=1S/C8H18O5.2C4H6O2.Co/c9-1-3-11-5-7-13-8-6-12-4-2-10;2*1-3(2)4(5)6;/h9-10H,1-8H2;2*1H2,2H3,(H,5,6);/q;;;+2/p-2. The molecule has 0 amide bonds. The van der Waals surface area contributed by atoms with Crippen molar-refractivity contribution in [2.45, 2.75) is 13.8 Å². The van der Waals surface area contributed by atoms with Crippen LogP contribution >= 0.6 is 0 Å².